The van der Waals surface area contributed by atoms with Gasteiger partial charge in [0, 0.05) is 0 Å². The molecule has 0 radical (unpaired) electrons. The molecule has 5 nitrogen and oxygen atoms in total. The number of aliphatic hydroxyl groups is 1. The molecule has 0 unspecified atom stereocenters. The Bertz CT molecular complexity index is 530. The number of rotatable bonds is 4. The summed E-state index contributed by atoms with van der Waals surface area (Å²) in [5.74, 6) is -0.894. The van der Waals surface area contributed by atoms with Gasteiger partial charge >= 0.3 is 0 Å². The van der Waals surface area contributed by atoms with Crippen LogP contribution in [-0.4, -0.2) is 25.7 Å². The van der Waals surface area contributed by atoms with Crippen molar-refractivity contribution in [2.75, 3.05) is 12.3 Å². The summed E-state index contributed by atoms with van der Waals surface area (Å²) < 4.78 is 40.1. The maximum Gasteiger partial charge on any atom is 0.246 e. The van der Waals surface area contributed by atoms with Crippen LogP contribution in [0.3, 0.4) is 0 Å². The van der Waals surface area contributed by atoms with Gasteiger partial charge in [0.05, 0.1) is 17.8 Å². The highest BCUT2D eigenvalue weighted by Crippen LogP contribution is 2.34. The minimum Gasteiger partial charge on any atom is -0.398 e. The maximum absolute atomic E-state index is 13.6. The summed E-state index contributed by atoms with van der Waals surface area (Å²) in [7, 11) is -4.06. The first-order valence-electron chi connectivity index (χ1n) is 5.59. The number of nitrogens with two attached hydrogens (primary N) is 1. The second kappa shape index (κ2) is 4.49. The molecular weight excluding hydrogens is 259 g/mol. The lowest BCUT2D eigenvalue weighted by molar-refractivity contribution is 0.110. The van der Waals surface area contributed by atoms with Gasteiger partial charge in [-0.05, 0) is 31.4 Å². The largest absolute Gasteiger partial charge is 0.398 e. The molecule has 1 aromatic rings. The van der Waals surface area contributed by atoms with Gasteiger partial charge in [0.15, 0.2) is 0 Å². The molecule has 1 saturated carbocycles. The monoisotopic (exact) mass is 274 g/mol. The van der Waals surface area contributed by atoms with Crippen molar-refractivity contribution in [2.24, 2.45) is 0 Å². The molecule has 0 amide bonds. The summed E-state index contributed by atoms with van der Waals surface area (Å²) in [5.41, 5.74) is 4.49. The average molecular weight is 274 g/mol. The summed E-state index contributed by atoms with van der Waals surface area (Å²) in [6.07, 6.45) is 1.91. The van der Waals surface area contributed by atoms with Crippen LogP contribution in [0.2, 0.25) is 0 Å². The SMILES string of the molecule is Nc1cccc(F)c1S(=O)(=O)NC1(CO)CCC1. The molecular formula is C11H15FN2O3S. The van der Waals surface area contributed by atoms with Gasteiger partial charge in [-0.3, -0.25) is 0 Å². The standard InChI is InChI=1S/C11H15FN2O3S/c12-8-3-1-4-9(13)10(8)18(16,17)14-11(7-15)5-2-6-11/h1,3-4,14-15H,2,5-7,13H2. The lowest BCUT2D eigenvalue weighted by Gasteiger charge is -2.40. The van der Waals surface area contributed by atoms with E-state index in [0.717, 1.165) is 12.5 Å². The number of aliphatic hydroxyl groups excluding tert-OH is 1. The molecule has 0 bridgehead atoms. The Morgan fingerprint density at radius 2 is 2.11 bits per heavy atom. The highest BCUT2D eigenvalue weighted by atomic mass is 32.2. The third-order valence-corrected chi connectivity index (χ3v) is 4.90. The number of nitrogens with one attached hydrogen (secondary N) is 1. The zero-order chi connectivity index (χ0) is 13.4. The molecule has 18 heavy (non-hydrogen) atoms. The van der Waals surface area contributed by atoms with Gasteiger partial charge in [-0.2, -0.15) is 0 Å². The molecule has 0 aromatic heterocycles. The van der Waals surface area contributed by atoms with Crippen molar-refractivity contribution in [3.05, 3.63) is 24.0 Å². The van der Waals surface area contributed by atoms with E-state index in [9.17, 15) is 17.9 Å². The quantitative estimate of drug-likeness (QED) is 0.701. The topological polar surface area (TPSA) is 92.4 Å². The van der Waals surface area contributed by atoms with Gasteiger partial charge < -0.3 is 10.8 Å². The van der Waals surface area contributed by atoms with E-state index in [1.165, 1.54) is 12.1 Å². The van der Waals surface area contributed by atoms with E-state index in [2.05, 4.69) is 4.72 Å². The van der Waals surface area contributed by atoms with E-state index < -0.39 is 26.3 Å². The van der Waals surface area contributed by atoms with Crippen molar-refractivity contribution >= 4 is 15.7 Å². The summed E-state index contributed by atoms with van der Waals surface area (Å²) >= 11 is 0. The first-order chi connectivity index (χ1) is 8.40. The highest BCUT2D eigenvalue weighted by Gasteiger charge is 2.41. The molecule has 0 spiro atoms. The molecule has 0 heterocycles. The van der Waals surface area contributed by atoms with Gasteiger partial charge in [0.25, 0.3) is 0 Å². The number of halogens is 1. The third-order valence-electron chi connectivity index (χ3n) is 3.23. The van der Waals surface area contributed by atoms with E-state index in [-0.39, 0.29) is 12.3 Å². The van der Waals surface area contributed by atoms with E-state index in [0.29, 0.717) is 12.8 Å². The van der Waals surface area contributed by atoms with E-state index in [4.69, 9.17) is 5.73 Å². The highest BCUT2D eigenvalue weighted by molar-refractivity contribution is 7.89. The second-order valence-electron chi connectivity index (χ2n) is 4.56. The lowest BCUT2D eigenvalue weighted by Crippen LogP contribution is -2.56. The fraction of sp³-hybridized carbons (Fsp3) is 0.455. The molecule has 0 saturated heterocycles. The molecule has 1 fully saturated rings. The Morgan fingerprint density at radius 3 is 2.56 bits per heavy atom. The first kappa shape index (κ1) is 13.3. The van der Waals surface area contributed by atoms with Crippen LogP contribution in [0.4, 0.5) is 10.1 Å². The summed E-state index contributed by atoms with van der Waals surface area (Å²) in [5, 5.41) is 9.23. The minimum absolute atomic E-state index is 0.144. The van der Waals surface area contributed by atoms with E-state index >= 15 is 0 Å². The third kappa shape index (κ3) is 2.21. The van der Waals surface area contributed by atoms with Crippen molar-refractivity contribution in [1.29, 1.82) is 0 Å². The molecule has 4 N–H and O–H groups in total. The Labute approximate surface area is 105 Å². The zero-order valence-corrected chi connectivity index (χ0v) is 10.5. The van der Waals surface area contributed by atoms with Crippen molar-refractivity contribution in [3.63, 3.8) is 0 Å². The molecule has 1 aromatic carbocycles. The smallest absolute Gasteiger partial charge is 0.246 e. The van der Waals surface area contributed by atoms with Crippen LogP contribution in [0.5, 0.6) is 0 Å². The Kier molecular flexibility index (Phi) is 3.31. The summed E-state index contributed by atoms with van der Waals surface area (Å²) in [6, 6.07) is 3.70. The van der Waals surface area contributed by atoms with Gasteiger partial charge in [-0.25, -0.2) is 17.5 Å². The number of sulfonamides is 1. The van der Waals surface area contributed by atoms with Gasteiger partial charge in [-0.1, -0.05) is 6.07 Å². The van der Waals surface area contributed by atoms with Crippen LogP contribution in [0, 0.1) is 5.82 Å². The fourth-order valence-electron chi connectivity index (χ4n) is 2.04. The average Bonchev–Trinajstić information content (AvgIpc) is 2.23. The predicted molar refractivity (Wildman–Crippen MR) is 64.8 cm³/mol. The number of nitrogen functional groups attached to an aromatic ring is 1. The lowest BCUT2D eigenvalue weighted by atomic mass is 9.78. The number of hydrogen-bond acceptors (Lipinski definition) is 4. The van der Waals surface area contributed by atoms with Crippen molar-refractivity contribution < 1.29 is 17.9 Å². The number of hydrogen-bond donors (Lipinski definition) is 3. The Balaban J connectivity index is 2.37. The van der Waals surface area contributed by atoms with Crippen molar-refractivity contribution in [1.82, 2.24) is 4.72 Å². The summed E-state index contributed by atoms with van der Waals surface area (Å²) in [6.45, 7) is -0.305. The van der Waals surface area contributed by atoms with E-state index in [1.807, 2.05) is 0 Å². The molecule has 100 valence electrons. The summed E-state index contributed by atoms with van der Waals surface area (Å²) in [4.78, 5) is -0.551. The van der Waals surface area contributed by atoms with Gasteiger partial charge in [-0.15, -0.1) is 0 Å². The Hall–Kier alpha value is -1.18. The van der Waals surface area contributed by atoms with Crippen LogP contribution in [0.25, 0.3) is 0 Å². The van der Waals surface area contributed by atoms with Crippen LogP contribution >= 0.6 is 0 Å². The molecule has 7 heteroatoms. The van der Waals surface area contributed by atoms with Gasteiger partial charge in [0.2, 0.25) is 10.0 Å². The van der Waals surface area contributed by atoms with Crippen LogP contribution in [0.1, 0.15) is 19.3 Å². The first-order valence-corrected chi connectivity index (χ1v) is 7.07. The number of anilines is 1. The molecule has 0 aliphatic heterocycles. The van der Waals surface area contributed by atoms with Gasteiger partial charge in [0.1, 0.15) is 10.7 Å². The minimum atomic E-state index is -4.06. The zero-order valence-electron chi connectivity index (χ0n) is 9.69. The van der Waals surface area contributed by atoms with E-state index in [1.54, 1.807) is 0 Å². The molecule has 1 aliphatic rings. The molecule has 0 atom stereocenters. The second-order valence-corrected chi connectivity index (χ2v) is 6.17. The van der Waals surface area contributed by atoms with Crippen LogP contribution in [0.15, 0.2) is 23.1 Å². The predicted octanol–water partition coefficient (Wildman–Crippen LogP) is 0.601. The molecule has 2 rings (SSSR count). The Morgan fingerprint density at radius 1 is 1.44 bits per heavy atom. The maximum atomic E-state index is 13.6. The normalized spacial score (nSPS) is 18.3. The van der Waals surface area contributed by atoms with Crippen LogP contribution in [-0.2, 0) is 10.0 Å². The fourth-order valence-corrected chi connectivity index (χ4v) is 3.69. The molecule has 1 aliphatic carbocycles. The van der Waals surface area contributed by atoms with Crippen molar-refractivity contribution in [2.45, 2.75) is 29.7 Å². The van der Waals surface area contributed by atoms with Crippen molar-refractivity contribution in [3.8, 4) is 0 Å². The van der Waals surface area contributed by atoms with Crippen LogP contribution < -0.4 is 10.5 Å². The number of benzene rings is 1.